The van der Waals surface area contributed by atoms with Crippen LogP contribution in [-0.2, 0) is 6.54 Å². The number of nitrogens with zero attached hydrogens (tertiary/aromatic N) is 4. The quantitative estimate of drug-likeness (QED) is 0.876. The zero-order valence-corrected chi connectivity index (χ0v) is 10.9. The molecule has 2 aromatic heterocycles. The van der Waals surface area contributed by atoms with E-state index in [9.17, 15) is 5.11 Å². The van der Waals surface area contributed by atoms with Crippen LogP contribution in [0.3, 0.4) is 0 Å². The Labute approximate surface area is 106 Å². The molecule has 2 heterocycles. The van der Waals surface area contributed by atoms with Crippen LogP contribution < -0.4 is 0 Å². The second-order valence-electron chi connectivity index (χ2n) is 4.60. The minimum absolute atomic E-state index is 0.306. The van der Waals surface area contributed by atoms with Gasteiger partial charge in [0.1, 0.15) is 6.33 Å². The van der Waals surface area contributed by atoms with Crippen LogP contribution in [0.15, 0.2) is 16.9 Å². The van der Waals surface area contributed by atoms with Crippen LogP contribution in [0, 0.1) is 0 Å². The highest BCUT2D eigenvalue weighted by atomic mass is 16.5. The van der Waals surface area contributed by atoms with Crippen molar-refractivity contribution in [3.8, 4) is 11.6 Å². The van der Waals surface area contributed by atoms with Crippen molar-refractivity contribution in [1.29, 1.82) is 0 Å². The Bertz CT molecular complexity index is 504. The standard InChI is InChI=1S/C12H18N4O2/c1-4-9(17)6-16-12(13-7-14-16)11-5-10(8(2)3)15-18-11/h5,7-9,17H,4,6H2,1-3H3/t9-/m1/s1. The molecule has 98 valence electrons. The third kappa shape index (κ3) is 2.59. The number of aliphatic hydroxyl groups is 1. The van der Waals surface area contributed by atoms with Gasteiger partial charge in [-0.05, 0) is 12.3 Å². The van der Waals surface area contributed by atoms with Crippen molar-refractivity contribution in [1.82, 2.24) is 19.9 Å². The Morgan fingerprint density at radius 2 is 2.22 bits per heavy atom. The molecule has 6 heteroatoms. The molecule has 0 saturated carbocycles. The Hall–Kier alpha value is -1.69. The largest absolute Gasteiger partial charge is 0.391 e. The van der Waals surface area contributed by atoms with Crippen molar-refractivity contribution in [2.24, 2.45) is 0 Å². The van der Waals surface area contributed by atoms with Crippen molar-refractivity contribution >= 4 is 0 Å². The van der Waals surface area contributed by atoms with E-state index in [2.05, 4.69) is 15.2 Å². The van der Waals surface area contributed by atoms with Crippen molar-refractivity contribution in [2.45, 2.75) is 45.8 Å². The van der Waals surface area contributed by atoms with E-state index in [4.69, 9.17) is 4.52 Å². The minimum atomic E-state index is -0.432. The highest BCUT2D eigenvalue weighted by Gasteiger charge is 2.16. The van der Waals surface area contributed by atoms with Gasteiger partial charge in [-0.15, -0.1) is 0 Å². The van der Waals surface area contributed by atoms with Gasteiger partial charge in [0.15, 0.2) is 5.82 Å². The van der Waals surface area contributed by atoms with E-state index < -0.39 is 6.10 Å². The molecule has 18 heavy (non-hydrogen) atoms. The molecule has 0 fully saturated rings. The minimum Gasteiger partial charge on any atom is -0.391 e. The summed E-state index contributed by atoms with van der Waals surface area (Å²) >= 11 is 0. The van der Waals surface area contributed by atoms with Crippen LogP contribution >= 0.6 is 0 Å². The van der Waals surface area contributed by atoms with E-state index in [1.54, 1.807) is 4.68 Å². The fraction of sp³-hybridized carbons (Fsp3) is 0.583. The number of hydrogen-bond donors (Lipinski definition) is 1. The van der Waals surface area contributed by atoms with Gasteiger partial charge in [0, 0.05) is 6.07 Å². The van der Waals surface area contributed by atoms with Crippen molar-refractivity contribution in [3.05, 3.63) is 18.1 Å². The molecule has 2 aromatic rings. The van der Waals surface area contributed by atoms with Gasteiger partial charge in [0.05, 0.1) is 18.3 Å². The fourth-order valence-corrected chi connectivity index (χ4v) is 1.58. The Morgan fingerprint density at radius 3 is 2.83 bits per heavy atom. The summed E-state index contributed by atoms with van der Waals surface area (Å²) in [4.78, 5) is 4.15. The molecule has 1 atom stereocenters. The van der Waals surface area contributed by atoms with Gasteiger partial charge in [-0.25, -0.2) is 9.67 Å². The van der Waals surface area contributed by atoms with Crippen molar-refractivity contribution < 1.29 is 9.63 Å². The Kier molecular flexibility index (Phi) is 3.76. The summed E-state index contributed by atoms with van der Waals surface area (Å²) < 4.78 is 6.91. The second kappa shape index (κ2) is 5.30. The van der Waals surface area contributed by atoms with Crippen LogP contribution in [-0.4, -0.2) is 31.1 Å². The van der Waals surface area contributed by atoms with E-state index in [1.165, 1.54) is 6.33 Å². The maximum absolute atomic E-state index is 9.66. The van der Waals surface area contributed by atoms with Gasteiger partial charge >= 0.3 is 0 Å². The molecule has 0 amide bonds. The molecular formula is C12H18N4O2. The first kappa shape index (κ1) is 12.8. The average Bonchev–Trinajstić information content (AvgIpc) is 2.96. The summed E-state index contributed by atoms with van der Waals surface area (Å²) in [5.74, 6) is 1.49. The van der Waals surface area contributed by atoms with E-state index >= 15 is 0 Å². The molecule has 1 N–H and O–H groups in total. The lowest BCUT2D eigenvalue weighted by molar-refractivity contribution is 0.145. The van der Waals surface area contributed by atoms with Gasteiger partial charge in [-0.1, -0.05) is 25.9 Å². The van der Waals surface area contributed by atoms with Gasteiger partial charge in [-0.2, -0.15) is 5.10 Å². The van der Waals surface area contributed by atoms with E-state index in [0.717, 1.165) is 5.69 Å². The van der Waals surface area contributed by atoms with Crippen LogP contribution in [0.25, 0.3) is 11.6 Å². The molecule has 0 unspecified atom stereocenters. The average molecular weight is 250 g/mol. The predicted molar refractivity (Wildman–Crippen MR) is 65.9 cm³/mol. The molecule has 0 aliphatic rings. The molecule has 6 nitrogen and oxygen atoms in total. The van der Waals surface area contributed by atoms with Crippen LogP contribution in [0.1, 0.15) is 38.8 Å². The van der Waals surface area contributed by atoms with Crippen LogP contribution in [0.2, 0.25) is 0 Å². The van der Waals surface area contributed by atoms with Gasteiger partial charge < -0.3 is 9.63 Å². The first-order chi connectivity index (χ1) is 8.61. The molecular weight excluding hydrogens is 232 g/mol. The van der Waals surface area contributed by atoms with Gasteiger partial charge in [0.25, 0.3) is 0 Å². The Morgan fingerprint density at radius 1 is 1.44 bits per heavy atom. The normalized spacial score (nSPS) is 13.2. The topological polar surface area (TPSA) is 77.0 Å². The zero-order chi connectivity index (χ0) is 13.1. The summed E-state index contributed by atoms with van der Waals surface area (Å²) in [5.41, 5.74) is 0.885. The van der Waals surface area contributed by atoms with E-state index in [0.29, 0.717) is 30.5 Å². The number of hydrogen-bond acceptors (Lipinski definition) is 5. The van der Waals surface area contributed by atoms with Gasteiger partial charge in [0.2, 0.25) is 5.76 Å². The van der Waals surface area contributed by atoms with Crippen molar-refractivity contribution in [2.75, 3.05) is 0 Å². The molecule has 0 aromatic carbocycles. The second-order valence-corrected chi connectivity index (χ2v) is 4.60. The van der Waals surface area contributed by atoms with Crippen molar-refractivity contribution in [3.63, 3.8) is 0 Å². The smallest absolute Gasteiger partial charge is 0.204 e. The molecule has 0 radical (unpaired) electrons. The lowest BCUT2D eigenvalue weighted by Gasteiger charge is -2.08. The lowest BCUT2D eigenvalue weighted by atomic mass is 10.1. The summed E-state index contributed by atoms with van der Waals surface area (Å²) in [6.45, 7) is 6.43. The van der Waals surface area contributed by atoms with E-state index in [-0.39, 0.29) is 0 Å². The fourth-order valence-electron chi connectivity index (χ4n) is 1.58. The zero-order valence-electron chi connectivity index (χ0n) is 10.9. The molecule has 0 aliphatic carbocycles. The first-order valence-corrected chi connectivity index (χ1v) is 6.14. The molecule has 0 aliphatic heterocycles. The Balaban J connectivity index is 2.24. The SMILES string of the molecule is CC[C@@H](O)Cn1ncnc1-c1cc(C(C)C)no1. The third-order valence-corrected chi connectivity index (χ3v) is 2.81. The first-order valence-electron chi connectivity index (χ1n) is 6.14. The number of rotatable bonds is 5. The number of aromatic nitrogens is 4. The molecule has 0 saturated heterocycles. The summed E-state index contributed by atoms with van der Waals surface area (Å²) in [6, 6.07) is 1.86. The molecule has 0 spiro atoms. The number of aliphatic hydroxyl groups excluding tert-OH is 1. The van der Waals surface area contributed by atoms with Crippen LogP contribution in [0.5, 0.6) is 0 Å². The molecule has 2 rings (SSSR count). The molecule has 0 bridgehead atoms. The monoisotopic (exact) mass is 250 g/mol. The van der Waals surface area contributed by atoms with Crippen LogP contribution in [0.4, 0.5) is 0 Å². The summed E-state index contributed by atoms with van der Waals surface area (Å²) in [7, 11) is 0. The third-order valence-electron chi connectivity index (χ3n) is 2.81. The highest BCUT2D eigenvalue weighted by molar-refractivity contribution is 5.46. The maximum Gasteiger partial charge on any atom is 0.204 e. The highest BCUT2D eigenvalue weighted by Crippen LogP contribution is 2.22. The summed E-state index contributed by atoms with van der Waals surface area (Å²) in [5, 5.41) is 17.7. The van der Waals surface area contributed by atoms with Gasteiger partial charge in [-0.3, -0.25) is 0 Å². The summed E-state index contributed by atoms with van der Waals surface area (Å²) in [6.07, 6.45) is 1.69. The maximum atomic E-state index is 9.66. The van der Waals surface area contributed by atoms with E-state index in [1.807, 2.05) is 26.8 Å². The predicted octanol–water partition coefficient (Wildman–Crippen LogP) is 1.83. The lowest BCUT2D eigenvalue weighted by Crippen LogP contribution is -2.16.